The molecule has 1 unspecified atom stereocenters. The minimum Gasteiger partial charge on any atom is -0.609 e. The Labute approximate surface area is 155 Å². The van der Waals surface area contributed by atoms with Crippen molar-refractivity contribution in [2.45, 2.75) is 63.0 Å². The lowest BCUT2D eigenvalue weighted by atomic mass is 10.0. The lowest BCUT2D eigenvalue weighted by Crippen LogP contribution is -2.50. The van der Waals surface area contributed by atoms with Crippen LogP contribution in [0.4, 0.5) is 13.6 Å². The Bertz CT molecular complexity index is 633. The van der Waals surface area contributed by atoms with Crippen LogP contribution in [0.15, 0.2) is 29.2 Å². The molecule has 0 N–H and O–H groups in total. The van der Waals surface area contributed by atoms with Gasteiger partial charge in [0.2, 0.25) is 6.01 Å². The van der Waals surface area contributed by atoms with Crippen LogP contribution in [0.25, 0.3) is 0 Å². The normalized spacial score (nSPS) is 23.8. The third-order valence-electron chi connectivity index (χ3n) is 4.00. The zero-order valence-corrected chi connectivity index (χ0v) is 16.4. The molecule has 0 radical (unpaired) electrons. The van der Waals surface area contributed by atoms with E-state index in [0.717, 1.165) is 0 Å². The number of benzene rings is 1. The standard InChI is InChI=1S/C18H25F2NO4S/c1-17(2,3)25-16(22)21-14(10-19)15(24-18(21,4)5)12-6-8-13(9-7-12)26(23)11-20/h6-9,14-15H,10-11H2,1-5H3/t14-,15+,26?/m0/s1. The number of hydrogen-bond donors (Lipinski definition) is 0. The van der Waals surface area contributed by atoms with E-state index >= 15 is 0 Å². The van der Waals surface area contributed by atoms with E-state index < -0.39 is 53.4 Å². The quantitative estimate of drug-likeness (QED) is 0.728. The zero-order chi connectivity index (χ0) is 19.7. The number of hydrogen-bond acceptors (Lipinski definition) is 4. The van der Waals surface area contributed by atoms with Crippen LogP contribution in [-0.2, 0) is 20.6 Å². The van der Waals surface area contributed by atoms with Crippen molar-refractivity contribution in [1.82, 2.24) is 4.90 Å². The summed E-state index contributed by atoms with van der Waals surface area (Å²) in [7, 11) is 0. The van der Waals surface area contributed by atoms with Crippen molar-refractivity contribution in [2.75, 3.05) is 12.7 Å². The summed E-state index contributed by atoms with van der Waals surface area (Å²) in [6.45, 7) is 7.74. The molecule has 1 aliphatic rings. The van der Waals surface area contributed by atoms with Gasteiger partial charge in [-0.25, -0.2) is 9.18 Å². The lowest BCUT2D eigenvalue weighted by Gasteiger charge is -2.34. The monoisotopic (exact) mass is 389 g/mol. The smallest absolute Gasteiger partial charge is 0.413 e. The summed E-state index contributed by atoms with van der Waals surface area (Å²) < 4.78 is 49.3. The summed E-state index contributed by atoms with van der Waals surface area (Å²) in [6, 6.07) is 4.44. The van der Waals surface area contributed by atoms with Crippen molar-refractivity contribution in [3.8, 4) is 0 Å². The van der Waals surface area contributed by atoms with Gasteiger partial charge in [0.1, 0.15) is 24.1 Å². The van der Waals surface area contributed by atoms with Gasteiger partial charge in [-0.2, -0.15) is 4.39 Å². The average Bonchev–Trinajstić information content (AvgIpc) is 2.83. The molecule has 8 heteroatoms. The topological polar surface area (TPSA) is 61.8 Å². The van der Waals surface area contributed by atoms with Crippen molar-refractivity contribution >= 4 is 17.3 Å². The summed E-state index contributed by atoms with van der Waals surface area (Å²) >= 11 is -1.72. The molecule has 0 saturated carbocycles. The predicted molar refractivity (Wildman–Crippen MR) is 94.6 cm³/mol. The van der Waals surface area contributed by atoms with Crippen LogP contribution in [0, 0.1) is 0 Å². The van der Waals surface area contributed by atoms with E-state index in [9.17, 15) is 18.1 Å². The maximum absolute atomic E-state index is 13.9. The molecule has 2 rings (SSSR count). The second-order valence-electron chi connectivity index (χ2n) is 7.58. The van der Waals surface area contributed by atoms with Gasteiger partial charge in [0.25, 0.3) is 0 Å². The fourth-order valence-electron chi connectivity index (χ4n) is 2.96. The van der Waals surface area contributed by atoms with Gasteiger partial charge >= 0.3 is 6.09 Å². The van der Waals surface area contributed by atoms with E-state index in [4.69, 9.17) is 9.47 Å². The Morgan fingerprint density at radius 1 is 1.31 bits per heavy atom. The predicted octanol–water partition coefficient (Wildman–Crippen LogP) is 4.10. The number of halogens is 2. The maximum atomic E-state index is 13.9. The number of carbonyl (C=O) groups is 1. The maximum Gasteiger partial charge on any atom is 0.413 e. The SMILES string of the molecule is CC(C)(C)OC(=O)N1[C@@H](CF)[C@@H](c2ccc([S+]([O-])CF)cc2)OC1(C)C. The molecule has 1 fully saturated rings. The van der Waals surface area contributed by atoms with Gasteiger partial charge in [-0.15, -0.1) is 0 Å². The van der Waals surface area contributed by atoms with Crippen LogP contribution in [0.2, 0.25) is 0 Å². The highest BCUT2D eigenvalue weighted by Crippen LogP contribution is 2.42. The minimum atomic E-state index is -1.72. The average molecular weight is 389 g/mol. The summed E-state index contributed by atoms with van der Waals surface area (Å²) in [5, 5.41) is 0. The van der Waals surface area contributed by atoms with E-state index in [0.29, 0.717) is 10.5 Å². The number of amides is 1. The molecule has 0 aromatic heterocycles. The number of carbonyl (C=O) groups excluding carboxylic acids is 1. The fraction of sp³-hybridized carbons (Fsp3) is 0.611. The van der Waals surface area contributed by atoms with E-state index in [1.54, 1.807) is 46.8 Å². The van der Waals surface area contributed by atoms with Gasteiger partial charge in [0.15, 0.2) is 4.90 Å². The molecule has 0 bridgehead atoms. The Hall–Kier alpha value is -1.38. The second kappa shape index (κ2) is 7.70. The van der Waals surface area contributed by atoms with Gasteiger partial charge in [0, 0.05) is 11.2 Å². The molecule has 0 aliphatic carbocycles. The molecule has 1 aromatic carbocycles. The van der Waals surface area contributed by atoms with Crippen LogP contribution in [0.3, 0.4) is 0 Å². The van der Waals surface area contributed by atoms with Crippen LogP contribution in [0.1, 0.15) is 46.3 Å². The summed E-state index contributed by atoms with van der Waals surface area (Å²) in [5.41, 5.74) is -1.17. The molecule has 0 spiro atoms. The largest absolute Gasteiger partial charge is 0.609 e. The number of alkyl halides is 2. The van der Waals surface area contributed by atoms with E-state index in [-0.39, 0.29) is 0 Å². The van der Waals surface area contributed by atoms with Gasteiger partial charge < -0.3 is 14.0 Å². The molecular formula is C18H25F2NO4S. The highest BCUT2D eigenvalue weighted by atomic mass is 32.2. The zero-order valence-electron chi connectivity index (χ0n) is 15.6. The Morgan fingerprint density at radius 2 is 1.88 bits per heavy atom. The third-order valence-corrected chi connectivity index (χ3v) is 4.99. The molecule has 146 valence electrons. The number of ether oxygens (including phenoxy) is 2. The van der Waals surface area contributed by atoms with Gasteiger partial charge in [0.05, 0.1) is 6.04 Å². The van der Waals surface area contributed by atoms with E-state index in [2.05, 4.69) is 0 Å². The second-order valence-corrected chi connectivity index (χ2v) is 8.96. The highest BCUT2D eigenvalue weighted by molar-refractivity contribution is 7.91. The first-order chi connectivity index (χ1) is 12.0. The third kappa shape index (κ3) is 4.47. The van der Waals surface area contributed by atoms with Gasteiger partial charge in [-0.3, -0.25) is 4.90 Å². The van der Waals surface area contributed by atoms with E-state index in [1.165, 1.54) is 17.0 Å². The molecule has 26 heavy (non-hydrogen) atoms. The molecule has 5 nitrogen and oxygen atoms in total. The summed E-state index contributed by atoms with van der Waals surface area (Å²) in [4.78, 5) is 14.2. The molecule has 1 heterocycles. The van der Waals surface area contributed by atoms with Gasteiger partial charge in [-0.1, -0.05) is 12.1 Å². The molecule has 3 atom stereocenters. The van der Waals surface area contributed by atoms with Crippen molar-refractivity contribution in [2.24, 2.45) is 0 Å². The van der Waals surface area contributed by atoms with Crippen molar-refractivity contribution in [3.05, 3.63) is 29.8 Å². The Kier molecular flexibility index (Phi) is 6.20. The van der Waals surface area contributed by atoms with Crippen LogP contribution >= 0.6 is 0 Å². The summed E-state index contributed by atoms with van der Waals surface area (Å²) in [6.07, 6.45) is -1.36. The highest BCUT2D eigenvalue weighted by Gasteiger charge is 2.51. The van der Waals surface area contributed by atoms with Crippen molar-refractivity contribution in [1.29, 1.82) is 0 Å². The Balaban J connectivity index is 2.29. The summed E-state index contributed by atoms with van der Waals surface area (Å²) in [5.74, 6) is 0. The molecule has 1 saturated heterocycles. The molecular weight excluding hydrogens is 364 g/mol. The van der Waals surface area contributed by atoms with E-state index in [1.807, 2.05) is 0 Å². The first-order valence-corrected chi connectivity index (χ1v) is 9.62. The van der Waals surface area contributed by atoms with Gasteiger partial charge in [-0.05, 0) is 52.3 Å². The first-order valence-electron chi connectivity index (χ1n) is 8.30. The molecule has 1 aromatic rings. The fourth-order valence-corrected chi connectivity index (χ4v) is 3.53. The first kappa shape index (κ1) is 20.9. The van der Waals surface area contributed by atoms with Crippen LogP contribution in [-0.4, -0.2) is 45.6 Å². The number of rotatable bonds is 4. The van der Waals surface area contributed by atoms with Crippen LogP contribution in [0.5, 0.6) is 0 Å². The molecule has 1 amide bonds. The Morgan fingerprint density at radius 3 is 2.35 bits per heavy atom. The molecule has 1 aliphatic heterocycles. The van der Waals surface area contributed by atoms with Crippen molar-refractivity contribution < 1.29 is 27.6 Å². The minimum absolute atomic E-state index is 0.342. The lowest BCUT2D eigenvalue weighted by molar-refractivity contribution is -0.0797. The van der Waals surface area contributed by atoms with Crippen molar-refractivity contribution in [3.63, 3.8) is 0 Å². The number of nitrogens with zero attached hydrogens (tertiary/aromatic N) is 1. The van der Waals surface area contributed by atoms with Crippen LogP contribution < -0.4 is 0 Å².